The van der Waals surface area contributed by atoms with Gasteiger partial charge >= 0.3 is 0 Å². The van der Waals surface area contributed by atoms with E-state index in [-0.39, 0.29) is 30.4 Å². The van der Waals surface area contributed by atoms with Crippen LogP contribution in [0.25, 0.3) is 0 Å². The van der Waals surface area contributed by atoms with E-state index in [4.69, 9.17) is 4.74 Å². The maximum atomic E-state index is 12.4. The Hall–Kier alpha value is -2.04. The standard InChI is InChI=1S/C22H34N2O3/c1-4-7-17-8-10-20(11-9-17)27-16-21(25)24-14-12-19(13-15-24)23-22(26)18(5-2)6-3/h8-11,18-19H,4-7,12-16H2,1-3H3,(H,23,26). The SMILES string of the molecule is CCCc1ccc(OCC(=O)N2CCC(NC(=O)C(CC)CC)CC2)cc1. The molecule has 1 aromatic rings. The van der Waals surface area contributed by atoms with E-state index in [0.717, 1.165) is 44.3 Å². The average Bonchev–Trinajstić information content (AvgIpc) is 2.69. The van der Waals surface area contributed by atoms with Crippen molar-refractivity contribution in [2.45, 2.75) is 65.3 Å². The molecule has 27 heavy (non-hydrogen) atoms. The van der Waals surface area contributed by atoms with E-state index in [1.54, 1.807) is 0 Å². The minimum atomic E-state index is 0.0115. The van der Waals surface area contributed by atoms with Crippen molar-refractivity contribution >= 4 is 11.8 Å². The molecule has 5 heteroatoms. The molecule has 1 aromatic carbocycles. The second-order valence-corrected chi connectivity index (χ2v) is 7.36. The van der Waals surface area contributed by atoms with Gasteiger partial charge in [-0.15, -0.1) is 0 Å². The van der Waals surface area contributed by atoms with E-state index < -0.39 is 0 Å². The van der Waals surface area contributed by atoms with E-state index >= 15 is 0 Å². The number of ether oxygens (including phenoxy) is 1. The summed E-state index contributed by atoms with van der Waals surface area (Å²) in [5.41, 5.74) is 1.29. The van der Waals surface area contributed by atoms with E-state index in [0.29, 0.717) is 13.1 Å². The van der Waals surface area contributed by atoms with Gasteiger partial charge in [-0.05, 0) is 49.8 Å². The van der Waals surface area contributed by atoms with Gasteiger partial charge in [-0.25, -0.2) is 0 Å². The van der Waals surface area contributed by atoms with E-state index in [1.165, 1.54) is 5.56 Å². The van der Waals surface area contributed by atoms with Gasteiger partial charge in [-0.1, -0.05) is 39.3 Å². The predicted molar refractivity (Wildman–Crippen MR) is 108 cm³/mol. The van der Waals surface area contributed by atoms with Crippen LogP contribution < -0.4 is 10.1 Å². The van der Waals surface area contributed by atoms with Crippen LogP contribution in [0.5, 0.6) is 5.75 Å². The van der Waals surface area contributed by atoms with Crippen molar-refractivity contribution < 1.29 is 14.3 Å². The molecule has 0 aromatic heterocycles. The van der Waals surface area contributed by atoms with Gasteiger partial charge < -0.3 is 15.0 Å². The molecular formula is C22H34N2O3. The summed E-state index contributed by atoms with van der Waals surface area (Å²) in [6.45, 7) is 7.66. The second kappa shape index (κ2) is 11.0. The van der Waals surface area contributed by atoms with Crippen LogP contribution in [0.4, 0.5) is 0 Å². The van der Waals surface area contributed by atoms with Crippen molar-refractivity contribution in [2.24, 2.45) is 5.92 Å². The van der Waals surface area contributed by atoms with Crippen LogP contribution in [0.1, 0.15) is 58.4 Å². The fourth-order valence-corrected chi connectivity index (χ4v) is 3.53. The topological polar surface area (TPSA) is 58.6 Å². The zero-order valence-electron chi connectivity index (χ0n) is 17.0. The lowest BCUT2D eigenvalue weighted by atomic mass is 10.00. The minimum Gasteiger partial charge on any atom is -0.484 e. The highest BCUT2D eigenvalue weighted by Crippen LogP contribution is 2.16. The number of rotatable bonds is 9. The zero-order valence-corrected chi connectivity index (χ0v) is 17.0. The van der Waals surface area contributed by atoms with Crippen molar-refractivity contribution in [3.8, 4) is 5.75 Å². The Balaban J connectivity index is 1.72. The molecule has 0 saturated carbocycles. The first-order chi connectivity index (χ1) is 13.1. The number of amides is 2. The molecule has 1 aliphatic rings. The lowest BCUT2D eigenvalue weighted by Gasteiger charge is -2.33. The molecule has 1 N–H and O–H groups in total. The van der Waals surface area contributed by atoms with Crippen molar-refractivity contribution in [3.63, 3.8) is 0 Å². The maximum absolute atomic E-state index is 12.4. The lowest BCUT2D eigenvalue weighted by molar-refractivity contribution is -0.134. The van der Waals surface area contributed by atoms with Crippen molar-refractivity contribution in [3.05, 3.63) is 29.8 Å². The Labute approximate surface area is 163 Å². The smallest absolute Gasteiger partial charge is 0.260 e. The van der Waals surface area contributed by atoms with Gasteiger partial charge in [0.05, 0.1) is 0 Å². The van der Waals surface area contributed by atoms with Crippen molar-refractivity contribution in [1.82, 2.24) is 10.2 Å². The van der Waals surface area contributed by atoms with Crippen LogP contribution in [-0.2, 0) is 16.0 Å². The largest absolute Gasteiger partial charge is 0.484 e. The molecule has 0 spiro atoms. The number of benzene rings is 1. The monoisotopic (exact) mass is 374 g/mol. The summed E-state index contributed by atoms with van der Waals surface area (Å²) in [7, 11) is 0. The highest BCUT2D eigenvalue weighted by Gasteiger charge is 2.25. The molecule has 0 radical (unpaired) electrons. The third-order valence-corrected chi connectivity index (χ3v) is 5.37. The first-order valence-corrected chi connectivity index (χ1v) is 10.4. The molecular weight excluding hydrogens is 340 g/mol. The van der Waals surface area contributed by atoms with Crippen LogP contribution in [0.3, 0.4) is 0 Å². The molecule has 0 bridgehead atoms. The van der Waals surface area contributed by atoms with E-state index in [9.17, 15) is 9.59 Å². The molecule has 1 aliphatic heterocycles. The van der Waals surface area contributed by atoms with Gasteiger partial charge in [-0.2, -0.15) is 0 Å². The number of likely N-dealkylation sites (tertiary alicyclic amines) is 1. The van der Waals surface area contributed by atoms with Crippen LogP contribution in [0, 0.1) is 5.92 Å². The van der Waals surface area contributed by atoms with Crippen LogP contribution in [0.15, 0.2) is 24.3 Å². The summed E-state index contributed by atoms with van der Waals surface area (Å²) in [4.78, 5) is 26.4. The van der Waals surface area contributed by atoms with Gasteiger partial charge in [-0.3, -0.25) is 9.59 Å². The first kappa shape index (κ1) is 21.3. The van der Waals surface area contributed by atoms with E-state index in [1.807, 2.05) is 30.9 Å². The first-order valence-electron chi connectivity index (χ1n) is 10.4. The van der Waals surface area contributed by atoms with Crippen molar-refractivity contribution in [2.75, 3.05) is 19.7 Å². The molecule has 0 aliphatic carbocycles. The number of nitrogens with zero attached hydrogens (tertiary/aromatic N) is 1. The van der Waals surface area contributed by atoms with E-state index in [2.05, 4.69) is 24.4 Å². The molecule has 2 rings (SSSR count). The van der Waals surface area contributed by atoms with Crippen LogP contribution >= 0.6 is 0 Å². The normalized spacial score (nSPS) is 15.0. The highest BCUT2D eigenvalue weighted by atomic mass is 16.5. The predicted octanol–water partition coefficient (Wildman–Crippen LogP) is 3.56. The van der Waals surface area contributed by atoms with Gasteiger partial charge in [0.1, 0.15) is 5.75 Å². The van der Waals surface area contributed by atoms with Crippen molar-refractivity contribution in [1.29, 1.82) is 0 Å². The number of aryl methyl sites for hydroxylation is 1. The third-order valence-electron chi connectivity index (χ3n) is 5.37. The Bertz CT molecular complexity index is 588. The van der Waals surface area contributed by atoms with Gasteiger partial charge in [0, 0.05) is 25.0 Å². The number of hydrogen-bond donors (Lipinski definition) is 1. The number of carbonyl (C=O) groups is 2. The fraction of sp³-hybridized carbons (Fsp3) is 0.636. The quantitative estimate of drug-likeness (QED) is 0.719. The fourth-order valence-electron chi connectivity index (χ4n) is 3.53. The average molecular weight is 375 g/mol. The van der Waals surface area contributed by atoms with Gasteiger partial charge in [0.15, 0.2) is 6.61 Å². The Morgan fingerprint density at radius 3 is 2.30 bits per heavy atom. The summed E-state index contributed by atoms with van der Waals surface area (Å²) in [5.74, 6) is 0.995. The van der Waals surface area contributed by atoms with Gasteiger partial charge in [0.25, 0.3) is 5.91 Å². The molecule has 0 unspecified atom stereocenters. The summed E-state index contributed by atoms with van der Waals surface area (Å²) in [6.07, 6.45) is 5.54. The molecule has 1 fully saturated rings. The third kappa shape index (κ3) is 6.56. The molecule has 0 atom stereocenters. The highest BCUT2D eigenvalue weighted by molar-refractivity contribution is 5.79. The number of carbonyl (C=O) groups excluding carboxylic acids is 2. The van der Waals surface area contributed by atoms with Crippen LogP contribution in [0.2, 0.25) is 0 Å². The van der Waals surface area contributed by atoms with Crippen LogP contribution in [-0.4, -0.2) is 42.5 Å². The lowest BCUT2D eigenvalue weighted by Crippen LogP contribution is -2.48. The molecule has 1 saturated heterocycles. The van der Waals surface area contributed by atoms with Gasteiger partial charge in [0.2, 0.25) is 5.91 Å². The number of hydrogen-bond acceptors (Lipinski definition) is 3. The Morgan fingerprint density at radius 1 is 1.11 bits per heavy atom. The maximum Gasteiger partial charge on any atom is 0.260 e. The molecule has 1 heterocycles. The zero-order chi connectivity index (χ0) is 19.6. The number of piperidine rings is 1. The summed E-state index contributed by atoms with van der Waals surface area (Å²) >= 11 is 0. The number of nitrogens with one attached hydrogen (secondary N) is 1. The minimum absolute atomic E-state index is 0.0115. The molecule has 150 valence electrons. The summed E-state index contributed by atoms with van der Waals surface area (Å²) in [6, 6.07) is 8.14. The Morgan fingerprint density at radius 2 is 1.74 bits per heavy atom. The second-order valence-electron chi connectivity index (χ2n) is 7.36. The Kier molecular flexibility index (Phi) is 8.62. The summed E-state index contributed by atoms with van der Waals surface area (Å²) in [5, 5.41) is 3.15. The molecule has 2 amide bonds. The summed E-state index contributed by atoms with van der Waals surface area (Å²) < 4.78 is 5.65. The molecule has 5 nitrogen and oxygen atoms in total.